The summed E-state index contributed by atoms with van der Waals surface area (Å²) in [5, 5.41) is 10.7. The van der Waals surface area contributed by atoms with E-state index in [0.29, 0.717) is 5.39 Å². The Morgan fingerprint density at radius 2 is 2.13 bits per heavy atom. The summed E-state index contributed by atoms with van der Waals surface area (Å²) in [6, 6.07) is 6.81. The molecule has 2 aromatic rings. The number of nitrogens with one attached hydrogen (secondary N) is 1. The van der Waals surface area contributed by atoms with Gasteiger partial charge in [-0.15, -0.1) is 0 Å². The van der Waals surface area contributed by atoms with Gasteiger partial charge in [0, 0.05) is 5.69 Å². The number of aromatic hydroxyl groups is 1. The van der Waals surface area contributed by atoms with E-state index in [-0.39, 0.29) is 11.3 Å². The van der Waals surface area contributed by atoms with E-state index in [0.717, 1.165) is 23.9 Å². The first-order valence-electron chi connectivity index (χ1n) is 5.05. The Kier molecular flexibility index (Phi) is 2.46. The number of aromatic nitrogens is 1. The molecule has 1 aromatic heterocycles. The first kappa shape index (κ1) is 9.77. The predicted octanol–water partition coefficient (Wildman–Crippen LogP) is 2.19. The number of rotatable bonds is 2. The summed E-state index contributed by atoms with van der Waals surface area (Å²) in [5.41, 5.74) is 0.813. The standard InChI is InChI=1S/C12H13NO2/c1-2-3-9-6-8-4-5-10(14)7-11(8)12(15)13-9/h4-7,14H,2-3H2,1H3,(H,13,15). The zero-order valence-electron chi connectivity index (χ0n) is 8.58. The molecule has 0 aliphatic carbocycles. The fourth-order valence-electron chi connectivity index (χ4n) is 1.71. The molecule has 1 aromatic carbocycles. The van der Waals surface area contributed by atoms with E-state index >= 15 is 0 Å². The third kappa shape index (κ3) is 1.86. The minimum atomic E-state index is -0.133. The van der Waals surface area contributed by atoms with Gasteiger partial charge in [-0.3, -0.25) is 4.79 Å². The molecule has 1 heterocycles. The Bertz CT molecular complexity index is 543. The van der Waals surface area contributed by atoms with Crippen LogP contribution in [-0.2, 0) is 6.42 Å². The maximum Gasteiger partial charge on any atom is 0.256 e. The second-order valence-corrected chi connectivity index (χ2v) is 3.65. The maximum absolute atomic E-state index is 11.7. The number of H-pyrrole nitrogens is 1. The van der Waals surface area contributed by atoms with Crippen LogP contribution in [0.5, 0.6) is 5.75 Å². The highest BCUT2D eigenvalue weighted by atomic mass is 16.3. The average Bonchev–Trinajstić information content (AvgIpc) is 2.20. The van der Waals surface area contributed by atoms with Crippen LogP contribution in [0.1, 0.15) is 19.0 Å². The molecule has 2 N–H and O–H groups in total. The third-order valence-electron chi connectivity index (χ3n) is 2.40. The Hall–Kier alpha value is -1.77. The molecule has 0 saturated heterocycles. The van der Waals surface area contributed by atoms with Crippen molar-refractivity contribution in [2.75, 3.05) is 0 Å². The van der Waals surface area contributed by atoms with Crippen LogP contribution in [0.15, 0.2) is 29.1 Å². The second kappa shape index (κ2) is 3.77. The molecule has 0 unspecified atom stereocenters. The van der Waals surface area contributed by atoms with Crippen molar-refractivity contribution in [2.45, 2.75) is 19.8 Å². The summed E-state index contributed by atoms with van der Waals surface area (Å²) in [5.74, 6) is 0.122. The van der Waals surface area contributed by atoms with E-state index in [4.69, 9.17) is 0 Å². The molecule has 78 valence electrons. The van der Waals surface area contributed by atoms with Crippen LogP contribution in [0.2, 0.25) is 0 Å². The van der Waals surface area contributed by atoms with Gasteiger partial charge in [-0.1, -0.05) is 19.4 Å². The fraction of sp³-hybridized carbons (Fsp3) is 0.250. The van der Waals surface area contributed by atoms with Gasteiger partial charge < -0.3 is 10.1 Å². The van der Waals surface area contributed by atoms with Crippen molar-refractivity contribution in [3.63, 3.8) is 0 Å². The van der Waals surface area contributed by atoms with E-state index in [1.54, 1.807) is 12.1 Å². The van der Waals surface area contributed by atoms with E-state index in [1.807, 2.05) is 6.07 Å². The minimum absolute atomic E-state index is 0.122. The molecule has 0 saturated carbocycles. The van der Waals surface area contributed by atoms with Gasteiger partial charge in [0.1, 0.15) is 5.75 Å². The van der Waals surface area contributed by atoms with Crippen molar-refractivity contribution >= 4 is 10.8 Å². The summed E-state index contributed by atoms with van der Waals surface area (Å²) in [6.45, 7) is 2.07. The van der Waals surface area contributed by atoms with Crippen molar-refractivity contribution in [1.82, 2.24) is 4.98 Å². The zero-order valence-corrected chi connectivity index (χ0v) is 8.58. The molecule has 0 aliphatic rings. The van der Waals surface area contributed by atoms with Gasteiger partial charge >= 0.3 is 0 Å². The highest BCUT2D eigenvalue weighted by Crippen LogP contribution is 2.17. The van der Waals surface area contributed by atoms with E-state index in [1.165, 1.54) is 6.07 Å². The van der Waals surface area contributed by atoms with Crippen molar-refractivity contribution in [2.24, 2.45) is 0 Å². The van der Waals surface area contributed by atoms with Gasteiger partial charge in [-0.05, 0) is 30.0 Å². The third-order valence-corrected chi connectivity index (χ3v) is 2.40. The molecule has 0 amide bonds. The van der Waals surface area contributed by atoms with Crippen LogP contribution in [0, 0.1) is 0 Å². The quantitative estimate of drug-likeness (QED) is 0.786. The largest absolute Gasteiger partial charge is 0.508 e. The zero-order chi connectivity index (χ0) is 10.8. The van der Waals surface area contributed by atoms with Gasteiger partial charge in [-0.2, -0.15) is 0 Å². The molecule has 15 heavy (non-hydrogen) atoms. The molecule has 0 radical (unpaired) electrons. The van der Waals surface area contributed by atoms with Gasteiger partial charge in [0.05, 0.1) is 5.39 Å². The normalized spacial score (nSPS) is 10.7. The van der Waals surface area contributed by atoms with E-state index < -0.39 is 0 Å². The van der Waals surface area contributed by atoms with Crippen LogP contribution in [-0.4, -0.2) is 10.1 Å². The lowest BCUT2D eigenvalue weighted by molar-refractivity contribution is 0.476. The van der Waals surface area contributed by atoms with Crippen LogP contribution in [0.25, 0.3) is 10.8 Å². The summed E-state index contributed by atoms with van der Waals surface area (Å²) in [4.78, 5) is 14.5. The molecule has 3 nitrogen and oxygen atoms in total. The monoisotopic (exact) mass is 203 g/mol. The minimum Gasteiger partial charge on any atom is -0.508 e. The van der Waals surface area contributed by atoms with Crippen molar-refractivity contribution in [3.05, 3.63) is 40.3 Å². The van der Waals surface area contributed by atoms with E-state index in [2.05, 4.69) is 11.9 Å². The summed E-state index contributed by atoms with van der Waals surface area (Å²) >= 11 is 0. The molecular weight excluding hydrogens is 190 g/mol. The average molecular weight is 203 g/mol. The highest BCUT2D eigenvalue weighted by Gasteiger charge is 2.02. The van der Waals surface area contributed by atoms with Crippen molar-refractivity contribution in [1.29, 1.82) is 0 Å². The first-order valence-corrected chi connectivity index (χ1v) is 5.05. The van der Waals surface area contributed by atoms with Crippen molar-refractivity contribution < 1.29 is 5.11 Å². The lowest BCUT2D eigenvalue weighted by atomic mass is 10.1. The van der Waals surface area contributed by atoms with Crippen LogP contribution < -0.4 is 5.56 Å². The van der Waals surface area contributed by atoms with Gasteiger partial charge in [0.15, 0.2) is 0 Å². The van der Waals surface area contributed by atoms with Gasteiger partial charge in [0.2, 0.25) is 0 Å². The molecule has 2 rings (SSSR count). The number of benzene rings is 1. The molecule has 0 atom stereocenters. The first-order chi connectivity index (χ1) is 7.20. The Balaban J connectivity index is 2.67. The van der Waals surface area contributed by atoms with Crippen LogP contribution >= 0.6 is 0 Å². The number of hydrogen-bond donors (Lipinski definition) is 2. The topological polar surface area (TPSA) is 53.1 Å². The molecule has 0 fully saturated rings. The lowest BCUT2D eigenvalue weighted by Gasteiger charge is -2.02. The van der Waals surface area contributed by atoms with Gasteiger partial charge in [0.25, 0.3) is 5.56 Å². The number of hydrogen-bond acceptors (Lipinski definition) is 2. The smallest absolute Gasteiger partial charge is 0.256 e. The Labute approximate surface area is 87.4 Å². The fourth-order valence-corrected chi connectivity index (χ4v) is 1.71. The molecule has 3 heteroatoms. The number of phenols is 1. The van der Waals surface area contributed by atoms with Crippen LogP contribution in [0.3, 0.4) is 0 Å². The number of aryl methyl sites for hydroxylation is 1. The SMILES string of the molecule is CCCc1cc2ccc(O)cc2c(=O)[nH]1. The number of aromatic amines is 1. The highest BCUT2D eigenvalue weighted by molar-refractivity contribution is 5.83. The lowest BCUT2D eigenvalue weighted by Crippen LogP contribution is -2.08. The number of phenolic OH excluding ortho intramolecular Hbond substituents is 1. The number of fused-ring (bicyclic) bond motifs is 1. The maximum atomic E-state index is 11.7. The van der Waals surface area contributed by atoms with Crippen molar-refractivity contribution in [3.8, 4) is 5.75 Å². The van der Waals surface area contributed by atoms with Crippen LogP contribution in [0.4, 0.5) is 0 Å². The Morgan fingerprint density at radius 3 is 2.87 bits per heavy atom. The molecule has 0 spiro atoms. The molecular formula is C12H13NO2. The summed E-state index contributed by atoms with van der Waals surface area (Å²) in [6.07, 6.45) is 1.87. The summed E-state index contributed by atoms with van der Waals surface area (Å²) < 4.78 is 0. The number of pyridine rings is 1. The predicted molar refractivity (Wildman–Crippen MR) is 60.2 cm³/mol. The molecule has 0 bridgehead atoms. The summed E-state index contributed by atoms with van der Waals surface area (Å²) in [7, 11) is 0. The molecule has 0 aliphatic heterocycles. The van der Waals surface area contributed by atoms with Gasteiger partial charge in [-0.25, -0.2) is 0 Å². The van der Waals surface area contributed by atoms with E-state index in [9.17, 15) is 9.90 Å². The second-order valence-electron chi connectivity index (χ2n) is 3.65. The Morgan fingerprint density at radius 1 is 1.33 bits per heavy atom.